The van der Waals surface area contributed by atoms with Gasteiger partial charge in [-0.2, -0.15) is 0 Å². The second-order valence-electron chi connectivity index (χ2n) is 9.07. The van der Waals surface area contributed by atoms with E-state index in [1.165, 1.54) is 11.8 Å². The number of rotatable bonds is 10. The smallest absolute Gasteiger partial charge is 0.262 e. The van der Waals surface area contributed by atoms with Crippen molar-refractivity contribution in [1.29, 1.82) is 0 Å². The first-order chi connectivity index (χ1) is 17.3. The highest BCUT2D eigenvalue weighted by molar-refractivity contribution is 7.98. The molecule has 0 aliphatic carbocycles. The summed E-state index contributed by atoms with van der Waals surface area (Å²) in [5, 5.41) is 1.33. The zero-order valence-electron chi connectivity index (χ0n) is 21.2. The number of thioether (sulfide) groups is 1. The van der Waals surface area contributed by atoms with Gasteiger partial charge < -0.3 is 9.64 Å². The Kier molecular flexibility index (Phi) is 8.23. The Bertz CT molecular complexity index is 1410. The summed E-state index contributed by atoms with van der Waals surface area (Å²) in [4.78, 5) is 32.5. The molecule has 7 heteroatoms. The second-order valence-corrected chi connectivity index (χ2v) is 10.0. The highest BCUT2D eigenvalue weighted by atomic mass is 32.2. The molecule has 1 heterocycles. The zero-order valence-corrected chi connectivity index (χ0v) is 22.0. The Morgan fingerprint density at radius 1 is 1.00 bits per heavy atom. The van der Waals surface area contributed by atoms with Crippen LogP contribution in [0.4, 0.5) is 0 Å². The fourth-order valence-electron chi connectivity index (χ4n) is 3.93. The fourth-order valence-corrected chi connectivity index (χ4v) is 4.85. The number of carbonyl (C=O) groups excluding carboxylic acids is 1. The summed E-state index contributed by atoms with van der Waals surface area (Å²) < 4.78 is 7.36. The first-order valence-corrected chi connectivity index (χ1v) is 12.9. The number of hydrogen-bond acceptors (Lipinski definition) is 6. The van der Waals surface area contributed by atoms with Crippen LogP contribution in [0.15, 0.2) is 76.7 Å². The third kappa shape index (κ3) is 6.04. The number of benzene rings is 3. The standard InChI is InChI=1S/C29H31N3O3S/c1-20-7-5-8-25-26(20)28(34)32(4)29(30-25)36-19-21-9-11-22(12-10-21)27(33)23-13-15-24(16-14-23)35-18-6-17-31(2)3/h5,7-16H,6,17-19H2,1-4H3. The lowest BCUT2D eigenvalue weighted by Gasteiger charge is -2.11. The normalized spacial score (nSPS) is 11.2. The Labute approximate surface area is 215 Å². The van der Waals surface area contributed by atoms with Crippen LogP contribution in [-0.2, 0) is 12.8 Å². The number of fused-ring (bicyclic) bond motifs is 1. The fraction of sp³-hybridized carbons (Fsp3) is 0.276. The molecule has 0 fully saturated rings. The summed E-state index contributed by atoms with van der Waals surface area (Å²) in [6, 6.07) is 20.6. The number of hydrogen-bond donors (Lipinski definition) is 0. The maximum absolute atomic E-state index is 12.9. The van der Waals surface area contributed by atoms with Crippen molar-refractivity contribution in [2.45, 2.75) is 24.3 Å². The first-order valence-electron chi connectivity index (χ1n) is 11.9. The van der Waals surface area contributed by atoms with Crippen molar-refractivity contribution in [3.8, 4) is 5.75 Å². The maximum Gasteiger partial charge on any atom is 0.262 e. The Balaban J connectivity index is 1.38. The van der Waals surface area contributed by atoms with Crippen molar-refractivity contribution in [1.82, 2.24) is 14.5 Å². The molecule has 0 unspecified atom stereocenters. The molecule has 0 saturated carbocycles. The summed E-state index contributed by atoms with van der Waals surface area (Å²) >= 11 is 1.51. The van der Waals surface area contributed by atoms with Gasteiger partial charge in [0.2, 0.25) is 0 Å². The van der Waals surface area contributed by atoms with Gasteiger partial charge >= 0.3 is 0 Å². The summed E-state index contributed by atoms with van der Waals surface area (Å²) in [6.07, 6.45) is 0.950. The summed E-state index contributed by atoms with van der Waals surface area (Å²) in [6.45, 7) is 3.55. The highest BCUT2D eigenvalue weighted by Crippen LogP contribution is 2.23. The average molecular weight is 502 g/mol. The summed E-state index contributed by atoms with van der Waals surface area (Å²) in [7, 11) is 5.83. The molecule has 0 aliphatic rings. The van der Waals surface area contributed by atoms with Gasteiger partial charge in [0.05, 0.1) is 17.5 Å². The highest BCUT2D eigenvalue weighted by Gasteiger charge is 2.12. The van der Waals surface area contributed by atoms with Gasteiger partial charge in [-0.3, -0.25) is 14.2 Å². The molecule has 4 rings (SSSR count). The Morgan fingerprint density at radius 3 is 2.33 bits per heavy atom. The van der Waals surface area contributed by atoms with E-state index in [1.807, 2.05) is 75.6 Å². The largest absolute Gasteiger partial charge is 0.494 e. The van der Waals surface area contributed by atoms with Crippen molar-refractivity contribution in [2.24, 2.45) is 7.05 Å². The zero-order chi connectivity index (χ0) is 25.7. The van der Waals surface area contributed by atoms with Gasteiger partial charge in [-0.05, 0) is 68.9 Å². The summed E-state index contributed by atoms with van der Waals surface area (Å²) in [5.74, 6) is 1.39. The molecular formula is C29H31N3O3S. The predicted molar refractivity (Wildman–Crippen MR) is 146 cm³/mol. The van der Waals surface area contributed by atoms with Gasteiger partial charge in [0.1, 0.15) is 5.75 Å². The molecule has 0 N–H and O–H groups in total. The minimum Gasteiger partial charge on any atom is -0.494 e. The van der Waals surface area contributed by atoms with E-state index in [1.54, 1.807) is 23.7 Å². The predicted octanol–water partition coefficient (Wildman–Crippen LogP) is 5.10. The SMILES string of the molecule is Cc1cccc2nc(SCc3ccc(C(=O)c4ccc(OCCCN(C)C)cc4)cc3)n(C)c(=O)c12. The van der Waals surface area contributed by atoms with E-state index in [-0.39, 0.29) is 11.3 Å². The molecule has 0 aliphatic heterocycles. The molecule has 3 aromatic carbocycles. The molecule has 0 spiro atoms. The van der Waals surface area contributed by atoms with E-state index < -0.39 is 0 Å². The Hall–Kier alpha value is -3.42. The molecule has 4 aromatic rings. The van der Waals surface area contributed by atoms with Crippen molar-refractivity contribution in [2.75, 3.05) is 27.2 Å². The number of ketones is 1. The number of aromatic nitrogens is 2. The van der Waals surface area contributed by atoms with Gasteiger partial charge in [0.25, 0.3) is 5.56 Å². The van der Waals surface area contributed by atoms with E-state index in [0.29, 0.717) is 39.5 Å². The monoisotopic (exact) mass is 501 g/mol. The van der Waals surface area contributed by atoms with E-state index in [2.05, 4.69) is 4.90 Å². The molecule has 186 valence electrons. The lowest BCUT2D eigenvalue weighted by molar-refractivity contribution is 0.103. The molecule has 0 bridgehead atoms. The van der Waals surface area contributed by atoms with Crippen LogP contribution < -0.4 is 10.3 Å². The van der Waals surface area contributed by atoms with E-state index in [0.717, 1.165) is 29.8 Å². The lowest BCUT2D eigenvalue weighted by Crippen LogP contribution is -2.20. The van der Waals surface area contributed by atoms with Gasteiger partial charge in [0.15, 0.2) is 10.9 Å². The van der Waals surface area contributed by atoms with E-state index in [4.69, 9.17) is 9.72 Å². The topological polar surface area (TPSA) is 64.4 Å². The third-order valence-electron chi connectivity index (χ3n) is 5.99. The Morgan fingerprint density at radius 2 is 1.67 bits per heavy atom. The minimum atomic E-state index is -0.0356. The number of nitrogens with zero attached hydrogens (tertiary/aromatic N) is 3. The van der Waals surface area contributed by atoms with E-state index in [9.17, 15) is 9.59 Å². The van der Waals surface area contributed by atoms with Gasteiger partial charge in [-0.25, -0.2) is 4.98 Å². The van der Waals surface area contributed by atoms with Crippen LogP contribution in [0.3, 0.4) is 0 Å². The molecule has 0 saturated heterocycles. The van der Waals surface area contributed by atoms with Crippen LogP contribution in [0, 0.1) is 6.92 Å². The second kappa shape index (κ2) is 11.5. The van der Waals surface area contributed by atoms with Gasteiger partial charge in [-0.15, -0.1) is 0 Å². The number of aryl methyl sites for hydroxylation is 1. The minimum absolute atomic E-state index is 0.0256. The van der Waals surface area contributed by atoms with Crippen LogP contribution >= 0.6 is 11.8 Å². The van der Waals surface area contributed by atoms with Crippen molar-refractivity contribution in [3.05, 3.63) is 99.3 Å². The molecule has 6 nitrogen and oxygen atoms in total. The molecular weight excluding hydrogens is 470 g/mol. The van der Waals surface area contributed by atoms with Crippen LogP contribution in [-0.4, -0.2) is 47.5 Å². The quantitative estimate of drug-likeness (QED) is 0.130. The van der Waals surface area contributed by atoms with Crippen molar-refractivity contribution < 1.29 is 9.53 Å². The van der Waals surface area contributed by atoms with Gasteiger partial charge in [-0.1, -0.05) is 48.2 Å². The third-order valence-corrected chi connectivity index (χ3v) is 7.09. The van der Waals surface area contributed by atoms with E-state index >= 15 is 0 Å². The molecule has 1 aromatic heterocycles. The molecule has 0 atom stereocenters. The molecule has 0 radical (unpaired) electrons. The van der Waals surface area contributed by atoms with Gasteiger partial charge in [0, 0.05) is 30.5 Å². The number of ether oxygens (including phenoxy) is 1. The average Bonchev–Trinajstić information content (AvgIpc) is 2.88. The molecule has 0 amide bonds. The van der Waals surface area contributed by atoms with Crippen molar-refractivity contribution >= 4 is 28.4 Å². The summed E-state index contributed by atoms with van der Waals surface area (Å²) in [5.41, 5.74) is 3.92. The first kappa shape index (κ1) is 25.7. The lowest BCUT2D eigenvalue weighted by atomic mass is 10.0. The van der Waals surface area contributed by atoms with Crippen molar-refractivity contribution in [3.63, 3.8) is 0 Å². The molecule has 36 heavy (non-hydrogen) atoms. The van der Waals surface area contributed by atoms with Crippen LogP contribution in [0.2, 0.25) is 0 Å². The van der Waals surface area contributed by atoms with Crippen LogP contribution in [0.25, 0.3) is 10.9 Å². The number of carbonyl (C=O) groups is 1. The van der Waals surface area contributed by atoms with Crippen LogP contribution in [0.1, 0.15) is 33.5 Å². The van der Waals surface area contributed by atoms with Crippen LogP contribution in [0.5, 0.6) is 5.75 Å². The maximum atomic E-state index is 12.9.